The van der Waals surface area contributed by atoms with Gasteiger partial charge in [-0.15, -0.1) is 69.1 Å². The van der Waals surface area contributed by atoms with Crippen LogP contribution in [0.2, 0.25) is 0 Å². The summed E-state index contributed by atoms with van der Waals surface area (Å²) in [7, 11) is 0. The van der Waals surface area contributed by atoms with E-state index >= 15 is 0 Å². The molecule has 0 bridgehead atoms. The van der Waals surface area contributed by atoms with Crippen molar-refractivity contribution in [2.45, 2.75) is 105 Å². The Morgan fingerprint density at radius 2 is 0.633 bits per heavy atom. The Morgan fingerprint density at radius 1 is 0.367 bits per heavy atom. The minimum atomic E-state index is 0. The zero-order valence-corrected chi connectivity index (χ0v) is 35.6. The van der Waals surface area contributed by atoms with Crippen LogP contribution in [0.25, 0.3) is 43.8 Å². The third-order valence-corrected chi connectivity index (χ3v) is 9.23. The van der Waals surface area contributed by atoms with Gasteiger partial charge in [-0.1, -0.05) is 167 Å². The summed E-state index contributed by atoms with van der Waals surface area (Å²) in [5, 5.41) is 5.28. The van der Waals surface area contributed by atoms with Crippen LogP contribution >= 0.6 is 0 Å². The summed E-state index contributed by atoms with van der Waals surface area (Å²) in [6.45, 7) is 27.5. The summed E-state index contributed by atoms with van der Waals surface area (Å²) in [5.41, 5.74) is 11.6. The molecule has 0 aliphatic heterocycles. The van der Waals surface area contributed by atoms with E-state index in [2.05, 4.69) is 192 Å². The van der Waals surface area contributed by atoms with Crippen molar-refractivity contribution in [1.29, 1.82) is 0 Å². The number of benzene rings is 4. The predicted molar refractivity (Wildman–Crippen MR) is 205 cm³/mol. The van der Waals surface area contributed by atoms with Gasteiger partial charge in [-0.25, -0.2) is 0 Å². The Bertz CT molecular complexity index is 1700. The quantitative estimate of drug-likeness (QED) is 0.159. The normalized spacial score (nSPS) is 12.0. The van der Waals surface area contributed by atoms with Crippen LogP contribution in [0.3, 0.4) is 0 Å². The molecule has 0 spiro atoms. The van der Waals surface area contributed by atoms with Crippen molar-refractivity contribution in [3.05, 3.63) is 131 Å². The molecule has 0 aromatic heterocycles. The van der Waals surface area contributed by atoms with Gasteiger partial charge in [0.15, 0.2) is 0 Å². The van der Waals surface area contributed by atoms with E-state index in [0.717, 1.165) is 0 Å². The van der Waals surface area contributed by atoms with Crippen molar-refractivity contribution in [2.24, 2.45) is 0 Å². The molecule has 6 aromatic carbocycles. The average Bonchev–Trinajstić information content (AvgIpc) is 3.60. The minimum Gasteiger partial charge on any atom is -1.00 e. The van der Waals surface area contributed by atoms with Gasteiger partial charge < -0.3 is 24.8 Å². The number of halogens is 2. The van der Waals surface area contributed by atoms with E-state index in [1.807, 2.05) is 0 Å². The maximum absolute atomic E-state index is 2.38. The average molecular weight is 769 g/mol. The Morgan fingerprint density at radius 3 is 0.878 bits per heavy atom. The molecular weight excluding hydrogens is 715 g/mol. The number of hydrogen-bond donors (Lipinski definition) is 0. The van der Waals surface area contributed by atoms with Gasteiger partial charge in [0, 0.05) is 0 Å². The topological polar surface area (TPSA) is 0 Å². The Hall–Kier alpha value is -2.44. The van der Waals surface area contributed by atoms with Crippen LogP contribution in [-0.2, 0) is 47.9 Å². The maximum atomic E-state index is 2.38. The Labute approximate surface area is 328 Å². The van der Waals surface area contributed by atoms with Gasteiger partial charge in [0.25, 0.3) is 0 Å². The molecular formula is C46H54Cl2Zr. The van der Waals surface area contributed by atoms with Crippen LogP contribution in [0.1, 0.15) is 105 Å². The molecule has 0 unspecified atom stereocenters. The van der Waals surface area contributed by atoms with E-state index in [1.165, 1.54) is 66.1 Å². The molecule has 0 amide bonds. The molecule has 0 aliphatic carbocycles. The van der Waals surface area contributed by atoms with E-state index < -0.39 is 0 Å². The largest absolute Gasteiger partial charge is 4.00 e. The molecule has 0 saturated carbocycles. The van der Waals surface area contributed by atoms with Gasteiger partial charge in [0.1, 0.15) is 0 Å². The zero-order chi connectivity index (χ0) is 33.7. The van der Waals surface area contributed by atoms with Crippen LogP contribution in [0, 0.1) is 0 Å². The van der Waals surface area contributed by atoms with Gasteiger partial charge in [0.05, 0.1) is 0 Å². The zero-order valence-electron chi connectivity index (χ0n) is 31.6. The second-order valence-electron chi connectivity index (χ2n) is 17.3. The molecule has 0 heterocycles. The van der Waals surface area contributed by atoms with Crippen molar-refractivity contribution >= 4 is 21.5 Å². The number of fused-ring (bicyclic) bond motifs is 2. The van der Waals surface area contributed by atoms with Crippen LogP contribution in [0.15, 0.2) is 109 Å². The predicted octanol–water partition coefficient (Wildman–Crippen LogP) is 7.65. The summed E-state index contributed by atoms with van der Waals surface area (Å²) < 4.78 is 0. The second-order valence-corrected chi connectivity index (χ2v) is 17.3. The fourth-order valence-corrected chi connectivity index (χ4v) is 5.95. The van der Waals surface area contributed by atoms with E-state index in [-0.39, 0.29) is 72.7 Å². The third-order valence-electron chi connectivity index (χ3n) is 9.23. The van der Waals surface area contributed by atoms with E-state index in [0.29, 0.717) is 0 Å². The molecule has 6 rings (SSSR count). The first kappa shape index (κ1) is 42.7. The van der Waals surface area contributed by atoms with Crippen molar-refractivity contribution in [2.75, 3.05) is 0 Å². The fraction of sp³-hybridized carbons (Fsp3) is 0.348. The molecule has 0 radical (unpaired) electrons. The molecule has 0 aliphatic rings. The van der Waals surface area contributed by atoms with E-state index in [9.17, 15) is 0 Å². The van der Waals surface area contributed by atoms with Crippen molar-refractivity contribution in [3.63, 3.8) is 0 Å². The van der Waals surface area contributed by atoms with Gasteiger partial charge in [-0.05, 0) is 43.9 Å². The monoisotopic (exact) mass is 766 g/mol. The van der Waals surface area contributed by atoms with Gasteiger partial charge in [-0.3, -0.25) is 0 Å². The Balaban J connectivity index is 0.000000321. The molecule has 0 saturated heterocycles. The first-order valence-electron chi connectivity index (χ1n) is 16.9. The summed E-state index contributed by atoms with van der Waals surface area (Å²) >= 11 is 0. The van der Waals surface area contributed by atoms with Gasteiger partial charge in [-0.2, -0.15) is 0 Å². The fourth-order valence-electron chi connectivity index (χ4n) is 5.95. The standard InChI is InChI=1S/2C23H27.2ClH.Zr/c2*1-22(2,3)20-13-19(14-21(15-20)23(4,5)6)18-11-16-9-7-8-10-17(16)12-18;;;/h2*7-15H,1-6H3;2*1H;/q2*-1;;;+4/p-2. The molecule has 3 heteroatoms. The number of rotatable bonds is 2. The van der Waals surface area contributed by atoms with Crippen LogP contribution < -0.4 is 24.8 Å². The summed E-state index contributed by atoms with van der Waals surface area (Å²) in [6, 6.07) is 40.7. The maximum Gasteiger partial charge on any atom is 4.00 e. The minimum absolute atomic E-state index is 0. The summed E-state index contributed by atoms with van der Waals surface area (Å²) in [5.74, 6) is 0. The molecule has 0 nitrogen and oxygen atoms in total. The molecule has 49 heavy (non-hydrogen) atoms. The first-order valence-corrected chi connectivity index (χ1v) is 16.9. The van der Waals surface area contributed by atoms with Crippen molar-refractivity contribution < 1.29 is 51.0 Å². The SMILES string of the molecule is CC(C)(C)c1cc(-c2cc3ccccc3[cH-]2)cc(C(C)(C)C)c1.CC(C)(C)c1cc(-c2cc3ccccc3[cH-]2)cc(C(C)(C)C)c1.[Cl-].[Cl-].[Zr+4]. The number of hydrogen-bond acceptors (Lipinski definition) is 0. The van der Waals surface area contributed by atoms with Crippen LogP contribution in [0.5, 0.6) is 0 Å². The second kappa shape index (κ2) is 15.8. The van der Waals surface area contributed by atoms with Crippen LogP contribution in [0.4, 0.5) is 0 Å². The third kappa shape index (κ3) is 10.3. The van der Waals surface area contributed by atoms with Gasteiger partial charge >= 0.3 is 26.2 Å². The molecule has 6 aromatic rings. The van der Waals surface area contributed by atoms with E-state index in [1.54, 1.807) is 0 Å². The van der Waals surface area contributed by atoms with Gasteiger partial charge in [0.2, 0.25) is 0 Å². The molecule has 0 fully saturated rings. The summed E-state index contributed by atoms with van der Waals surface area (Å²) in [6.07, 6.45) is 0. The molecule has 0 atom stereocenters. The smallest absolute Gasteiger partial charge is 1.00 e. The Kier molecular flexibility index (Phi) is 13.8. The molecule has 256 valence electrons. The first-order chi connectivity index (χ1) is 21.3. The van der Waals surface area contributed by atoms with Crippen molar-refractivity contribution in [3.8, 4) is 22.3 Å². The molecule has 0 N–H and O–H groups in total. The van der Waals surface area contributed by atoms with E-state index in [4.69, 9.17) is 0 Å². The summed E-state index contributed by atoms with van der Waals surface area (Å²) in [4.78, 5) is 0. The van der Waals surface area contributed by atoms with Crippen molar-refractivity contribution in [1.82, 2.24) is 0 Å². The van der Waals surface area contributed by atoms with Crippen LogP contribution in [-0.4, -0.2) is 0 Å².